The van der Waals surface area contributed by atoms with Crippen LogP contribution in [0.15, 0.2) is 36.4 Å². The molecule has 0 amide bonds. The summed E-state index contributed by atoms with van der Waals surface area (Å²) in [5.41, 5.74) is 1.23. The van der Waals surface area contributed by atoms with Gasteiger partial charge in [0.15, 0.2) is 0 Å². The predicted octanol–water partition coefficient (Wildman–Crippen LogP) is 4.00. The molecule has 9 nitrogen and oxygen atoms in total. The minimum Gasteiger partial charge on any atom is -0.462 e. The molecule has 0 radical (unpaired) electrons. The van der Waals surface area contributed by atoms with Crippen molar-refractivity contribution >= 4 is 38.8 Å². The molecule has 0 fully saturated rings. The molecule has 2 aromatic carbocycles. The summed E-state index contributed by atoms with van der Waals surface area (Å²) in [6, 6.07) is 11.4. The van der Waals surface area contributed by atoms with E-state index in [0.29, 0.717) is 11.7 Å². The number of carbonyl (C=O) groups is 3. The van der Waals surface area contributed by atoms with Gasteiger partial charge in [0, 0.05) is 12.8 Å². The molecular weight excluding hydrogens is 490 g/mol. The van der Waals surface area contributed by atoms with Crippen molar-refractivity contribution in [3.8, 4) is 5.75 Å². The van der Waals surface area contributed by atoms with Crippen molar-refractivity contribution in [1.82, 2.24) is 0 Å². The molecule has 2 aromatic rings. The quantitative estimate of drug-likeness (QED) is 0.192. The van der Waals surface area contributed by atoms with Gasteiger partial charge in [-0.25, -0.2) is 4.79 Å². The molecule has 35 heavy (non-hydrogen) atoms. The molecule has 1 atom stereocenters. The van der Waals surface area contributed by atoms with Gasteiger partial charge < -0.3 is 14.2 Å². The molecule has 0 bridgehead atoms. The molecule has 0 aliphatic carbocycles. The number of hydrogen-bond acceptors (Lipinski definition) is 8. The second kappa shape index (κ2) is 12.0. The van der Waals surface area contributed by atoms with Gasteiger partial charge in [0.25, 0.3) is 0 Å². The van der Waals surface area contributed by atoms with Crippen LogP contribution in [-0.4, -0.2) is 49.3 Å². The minimum absolute atomic E-state index is 0.0874. The summed E-state index contributed by atoms with van der Waals surface area (Å²) in [6.45, 7) is 2.80. The van der Waals surface area contributed by atoms with E-state index in [1.165, 1.54) is 5.56 Å². The number of ether oxygens (including phenoxy) is 3. The zero-order valence-corrected chi connectivity index (χ0v) is 20.0. The number of hydrogen-bond donors (Lipinski definition) is 1. The van der Waals surface area contributed by atoms with Crippen molar-refractivity contribution in [2.24, 2.45) is 0 Å². The lowest BCUT2D eigenvalue weighted by Gasteiger charge is -2.12. The maximum absolute atomic E-state index is 13.0. The Labute approximate surface area is 201 Å². The molecule has 0 aliphatic rings. The number of benzene rings is 2. The van der Waals surface area contributed by atoms with Crippen LogP contribution in [0.3, 0.4) is 0 Å². The van der Waals surface area contributed by atoms with Gasteiger partial charge in [-0.1, -0.05) is 38.1 Å². The highest BCUT2D eigenvalue weighted by molar-refractivity contribution is 7.87. The first-order valence-corrected chi connectivity index (χ1v) is 12.2. The zero-order valence-electron chi connectivity index (χ0n) is 19.2. The van der Waals surface area contributed by atoms with Gasteiger partial charge >= 0.3 is 33.3 Å². The summed E-state index contributed by atoms with van der Waals surface area (Å²) < 4.78 is 69.0. The lowest BCUT2D eigenvalue weighted by Crippen LogP contribution is -2.39. The lowest BCUT2D eigenvalue weighted by atomic mass is 9.96. The van der Waals surface area contributed by atoms with E-state index >= 15 is 0 Å². The van der Waals surface area contributed by atoms with Crippen molar-refractivity contribution in [3.63, 3.8) is 0 Å². The number of alkyl halides is 2. The number of rotatable bonds is 12. The highest BCUT2D eigenvalue weighted by Gasteiger charge is 2.54. The minimum atomic E-state index is -5.97. The van der Waals surface area contributed by atoms with Gasteiger partial charge in [-0.05, 0) is 47.2 Å². The second-order valence-corrected chi connectivity index (χ2v) is 9.22. The van der Waals surface area contributed by atoms with E-state index in [4.69, 9.17) is 9.29 Å². The molecule has 0 aliphatic heterocycles. The molecule has 1 unspecified atom stereocenters. The molecule has 0 spiro atoms. The fourth-order valence-electron chi connectivity index (χ4n) is 2.96. The average molecular weight is 517 g/mol. The number of esters is 3. The fraction of sp³-hybridized carbons (Fsp3) is 0.435. The monoisotopic (exact) mass is 516 g/mol. The standard InChI is InChI=1S/C23H26F2O9S/c1-3-15(2)16-7-8-18-14-19(10-9-17(18)13-16)34-21(27)6-4-5-20(26)32-11-12-33-22(28)23(24,25)35(29,30)31/h7-10,13-15H,3-6,11-12H2,1-2H3,(H,29,30,31). The van der Waals surface area contributed by atoms with Crippen molar-refractivity contribution in [1.29, 1.82) is 0 Å². The number of halogens is 2. The van der Waals surface area contributed by atoms with Crippen LogP contribution in [0, 0.1) is 0 Å². The van der Waals surface area contributed by atoms with Crippen LogP contribution < -0.4 is 4.74 Å². The molecule has 1 N–H and O–H groups in total. The molecule has 2 rings (SSSR count). The largest absolute Gasteiger partial charge is 0.465 e. The van der Waals surface area contributed by atoms with E-state index < -0.39 is 46.5 Å². The molecule has 0 saturated heterocycles. The van der Waals surface area contributed by atoms with Gasteiger partial charge in [-0.2, -0.15) is 17.2 Å². The van der Waals surface area contributed by atoms with Gasteiger partial charge in [0.2, 0.25) is 0 Å². The first kappa shape index (κ1) is 28.1. The lowest BCUT2D eigenvalue weighted by molar-refractivity contribution is -0.165. The molecule has 0 aromatic heterocycles. The smallest absolute Gasteiger partial charge is 0.462 e. The maximum Gasteiger partial charge on any atom is 0.465 e. The third-order valence-electron chi connectivity index (χ3n) is 5.15. The average Bonchev–Trinajstić information content (AvgIpc) is 2.80. The van der Waals surface area contributed by atoms with Gasteiger partial charge in [0.1, 0.15) is 19.0 Å². The Morgan fingerprint density at radius 2 is 1.57 bits per heavy atom. The van der Waals surface area contributed by atoms with Crippen LogP contribution in [0.4, 0.5) is 8.78 Å². The summed E-state index contributed by atoms with van der Waals surface area (Å²) in [5.74, 6) is -3.05. The van der Waals surface area contributed by atoms with E-state index in [0.717, 1.165) is 17.2 Å². The molecule has 12 heteroatoms. The summed E-state index contributed by atoms with van der Waals surface area (Å²) in [5, 5.41) is -3.18. The van der Waals surface area contributed by atoms with Crippen molar-refractivity contribution in [2.75, 3.05) is 13.2 Å². The molecule has 0 heterocycles. The van der Waals surface area contributed by atoms with Gasteiger partial charge in [-0.3, -0.25) is 14.1 Å². The van der Waals surface area contributed by atoms with Gasteiger partial charge in [-0.15, -0.1) is 0 Å². The SMILES string of the molecule is CCC(C)c1ccc2cc(OC(=O)CCCC(=O)OCCOC(=O)C(F)(F)S(=O)(=O)O)ccc2c1. The Morgan fingerprint density at radius 1 is 0.971 bits per heavy atom. The number of carbonyl (C=O) groups excluding carboxylic acids is 3. The summed E-state index contributed by atoms with van der Waals surface area (Å²) in [6.07, 6.45) is 0.832. The first-order valence-electron chi connectivity index (χ1n) is 10.8. The van der Waals surface area contributed by atoms with E-state index in [1.54, 1.807) is 12.1 Å². The van der Waals surface area contributed by atoms with Crippen LogP contribution in [-0.2, 0) is 34.0 Å². The van der Waals surface area contributed by atoms with E-state index in [1.807, 2.05) is 18.2 Å². The fourth-order valence-corrected chi connectivity index (χ4v) is 3.23. The first-order chi connectivity index (χ1) is 16.3. The second-order valence-electron chi connectivity index (χ2n) is 7.75. The van der Waals surface area contributed by atoms with Crippen molar-refractivity contribution < 1.29 is 50.3 Å². The topological polar surface area (TPSA) is 133 Å². The highest BCUT2D eigenvalue weighted by atomic mass is 32.2. The Hall–Kier alpha value is -3.12. The van der Waals surface area contributed by atoms with Crippen molar-refractivity contribution in [2.45, 2.75) is 50.7 Å². The predicted molar refractivity (Wildman–Crippen MR) is 121 cm³/mol. The Balaban J connectivity index is 1.71. The maximum atomic E-state index is 13.0. The van der Waals surface area contributed by atoms with Crippen LogP contribution in [0.5, 0.6) is 5.75 Å². The normalized spacial score (nSPS) is 12.7. The van der Waals surface area contributed by atoms with Crippen molar-refractivity contribution in [3.05, 3.63) is 42.0 Å². The zero-order chi connectivity index (χ0) is 26.2. The third-order valence-corrected chi connectivity index (χ3v) is 5.97. The van der Waals surface area contributed by atoms with Crippen LogP contribution in [0.1, 0.15) is 51.0 Å². The van der Waals surface area contributed by atoms with Crippen LogP contribution in [0.25, 0.3) is 10.8 Å². The van der Waals surface area contributed by atoms with Gasteiger partial charge in [0.05, 0.1) is 0 Å². The Bertz CT molecular complexity index is 1180. The Kier molecular flexibility index (Phi) is 9.66. The molecule has 0 saturated carbocycles. The summed E-state index contributed by atoms with van der Waals surface area (Å²) >= 11 is 0. The van der Waals surface area contributed by atoms with Crippen LogP contribution in [0.2, 0.25) is 0 Å². The Morgan fingerprint density at radius 3 is 2.23 bits per heavy atom. The summed E-state index contributed by atoms with van der Waals surface area (Å²) in [7, 11) is -5.97. The van der Waals surface area contributed by atoms with E-state index in [-0.39, 0.29) is 19.3 Å². The number of fused-ring (bicyclic) bond motifs is 1. The van der Waals surface area contributed by atoms with Crippen LogP contribution >= 0.6 is 0 Å². The summed E-state index contributed by atoms with van der Waals surface area (Å²) in [4.78, 5) is 34.7. The van der Waals surface area contributed by atoms with E-state index in [9.17, 15) is 31.6 Å². The highest BCUT2D eigenvalue weighted by Crippen LogP contribution is 2.27. The molecular formula is C23H26F2O9S. The third kappa shape index (κ3) is 7.96. The molecule has 192 valence electrons. The van der Waals surface area contributed by atoms with E-state index in [2.05, 4.69) is 29.4 Å².